The standard InChI is InChI=1S/C12H12F3NO3/c1-16-5-6-19-11(18,10(16)17)8-3-2-4-9(7-8)12(13,14)15/h2-4,7,18H,5-6H2,1H3. The maximum Gasteiger partial charge on any atom is 0.416 e. The number of likely N-dealkylation sites (N-methyl/N-ethyl adjacent to an activating group) is 1. The molecule has 0 spiro atoms. The van der Waals surface area contributed by atoms with Gasteiger partial charge in [0.15, 0.2) is 0 Å². The van der Waals surface area contributed by atoms with E-state index in [1.165, 1.54) is 18.0 Å². The van der Waals surface area contributed by atoms with Gasteiger partial charge < -0.3 is 14.7 Å². The number of halogens is 3. The van der Waals surface area contributed by atoms with Crippen LogP contribution in [0.5, 0.6) is 0 Å². The molecule has 0 aliphatic carbocycles. The fourth-order valence-corrected chi connectivity index (χ4v) is 1.87. The summed E-state index contributed by atoms with van der Waals surface area (Å²) in [5, 5.41) is 10.2. The zero-order chi connectivity index (χ0) is 14.3. The molecule has 0 saturated carbocycles. The summed E-state index contributed by atoms with van der Waals surface area (Å²) < 4.78 is 42.8. The molecular formula is C12H12F3NO3. The van der Waals surface area contributed by atoms with Crippen LogP contribution in [-0.4, -0.2) is 36.1 Å². The summed E-state index contributed by atoms with van der Waals surface area (Å²) in [5.74, 6) is -3.13. The number of benzene rings is 1. The molecule has 19 heavy (non-hydrogen) atoms. The van der Waals surface area contributed by atoms with Gasteiger partial charge in [0.25, 0.3) is 11.7 Å². The van der Waals surface area contributed by atoms with Crippen molar-refractivity contribution in [2.45, 2.75) is 12.0 Å². The molecule has 1 amide bonds. The summed E-state index contributed by atoms with van der Waals surface area (Å²) >= 11 is 0. The van der Waals surface area contributed by atoms with Gasteiger partial charge in [0.1, 0.15) is 0 Å². The van der Waals surface area contributed by atoms with E-state index in [1.807, 2.05) is 0 Å². The van der Waals surface area contributed by atoms with E-state index >= 15 is 0 Å². The average Bonchev–Trinajstić information content (AvgIpc) is 2.35. The Bertz CT molecular complexity index is 503. The van der Waals surface area contributed by atoms with Gasteiger partial charge in [-0.1, -0.05) is 12.1 Å². The fourth-order valence-electron chi connectivity index (χ4n) is 1.87. The van der Waals surface area contributed by atoms with Gasteiger partial charge in [0.05, 0.1) is 12.2 Å². The molecule has 0 radical (unpaired) electrons. The third-order valence-electron chi connectivity index (χ3n) is 2.96. The first-order valence-corrected chi connectivity index (χ1v) is 5.55. The topological polar surface area (TPSA) is 49.8 Å². The lowest BCUT2D eigenvalue weighted by Gasteiger charge is -2.36. The molecule has 1 aliphatic rings. The monoisotopic (exact) mass is 275 g/mol. The zero-order valence-electron chi connectivity index (χ0n) is 10.1. The number of hydrogen-bond donors (Lipinski definition) is 1. The summed E-state index contributed by atoms with van der Waals surface area (Å²) in [7, 11) is 1.45. The molecule has 0 bridgehead atoms. The number of hydrogen-bond acceptors (Lipinski definition) is 3. The lowest BCUT2D eigenvalue weighted by molar-refractivity contribution is -0.237. The molecular weight excluding hydrogens is 263 g/mol. The van der Waals surface area contributed by atoms with E-state index in [4.69, 9.17) is 4.74 Å². The van der Waals surface area contributed by atoms with Gasteiger partial charge in [-0.25, -0.2) is 0 Å². The maximum atomic E-state index is 12.6. The number of carbonyl (C=O) groups is 1. The molecule has 1 unspecified atom stereocenters. The molecule has 104 valence electrons. The quantitative estimate of drug-likeness (QED) is 0.841. The number of rotatable bonds is 1. The molecule has 0 aromatic heterocycles. The zero-order valence-corrected chi connectivity index (χ0v) is 10.1. The van der Waals surface area contributed by atoms with Crippen LogP contribution in [0.2, 0.25) is 0 Å². The van der Waals surface area contributed by atoms with Crippen LogP contribution in [0, 0.1) is 0 Å². The Morgan fingerprint density at radius 1 is 1.42 bits per heavy atom. The SMILES string of the molecule is CN1CCOC(O)(c2cccc(C(F)(F)F)c2)C1=O. The second kappa shape index (κ2) is 4.50. The van der Waals surface area contributed by atoms with Crippen molar-refractivity contribution in [3.05, 3.63) is 35.4 Å². The van der Waals surface area contributed by atoms with Crippen molar-refractivity contribution in [1.29, 1.82) is 0 Å². The molecule has 1 aromatic carbocycles. The number of ether oxygens (including phenoxy) is 1. The van der Waals surface area contributed by atoms with E-state index in [1.54, 1.807) is 0 Å². The van der Waals surface area contributed by atoms with Gasteiger partial charge in [0.2, 0.25) is 0 Å². The third kappa shape index (κ3) is 2.43. The molecule has 1 aliphatic heterocycles. The van der Waals surface area contributed by atoms with E-state index in [9.17, 15) is 23.1 Å². The maximum absolute atomic E-state index is 12.6. The highest BCUT2D eigenvalue weighted by Gasteiger charge is 2.45. The van der Waals surface area contributed by atoms with Gasteiger partial charge >= 0.3 is 6.18 Å². The van der Waals surface area contributed by atoms with E-state index in [-0.39, 0.29) is 18.7 Å². The lowest BCUT2D eigenvalue weighted by Crippen LogP contribution is -2.53. The third-order valence-corrected chi connectivity index (χ3v) is 2.96. The summed E-state index contributed by atoms with van der Waals surface area (Å²) in [6, 6.07) is 3.94. The summed E-state index contributed by atoms with van der Waals surface area (Å²) in [6.45, 7) is 0.328. The Kier molecular flexibility index (Phi) is 3.27. The number of alkyl halides is 3. The lowest BCUT2D eigenvalue weighted by atomic mass is 10.0. The number of morpholine rings is 1. The molecule has 1 heterocycles. The molecule has 2 rings (SSSR count). The number of aliphatic hydroxyl groups is 1. The van der Waals surface area contributed by atoms with E-state index < -0.39 is 23.4 Å². The molecule has 1 N–H and O–H groups in total. The smallest absolute Gasteiger partial charge is 0.354 e. The first kappa shape index (κ1) is 13.8. The van der Waals surface area contributed by atoms with Gasteiger partial charge in [-0.3, -0.25) is 4.79 Å². The predicted octanol–water partition coefficient (Wildman–Crippen LogP) is 1.34. The van der Waals surface area contributed by atoms with Crippen LogP contribution in [-0.2, 0) is 21.5 Å². The normalized spacial score (nSPS) is 24.7. The van der Waals surface area contributed by atoms with Crippen molar-refractivity contribution in [2.24, 2.45) is 0 Å². The van der Waals surface area contributed by atoms with Crippen LogP contribution in [0.4, 0.5) is 13.2 Å². The first-order chi connectivity index (χ1) is 8.75. The van der Waals surface area contributed by atoms with Crippen LogP contribution >= 0.6 is 0 Å². The highest BCUT2D eigenvalue weighted by Crippen LogP contribution is 2.34. The summed E-state index contributed by atoms with van der Waals surface area (Å²) in [4.78, 5) is 13.1. The van der Waals surface area contributed by atoms with Gasteiger partial charge in [-0.2, -0.15) is 13.2 Å². The van der Waals surface area contributed by atoms with Gasteiger partial charge in [-0.05, 0) is 12.1 Å². The highest BCUT2D eigenvalue weighted by atomic mass is 19.4. The predicted molar refractivity (Wildman–Crippen MR) is 58.9 cm³/mol. The van der Waals surface area contributed by atoms with Crippen molar-refractivity contribution in [3.63, 3.8) is 0 Å². The van der Waals surface area contributed by atoms with E-state index in [0.717, 1.165) is 18.2 Å². The Hall–Kier alpha value is -1.60. The van der Waals surface area contributed by atoms with Crippen molar-refractivity contribution >= 4 is 5.91 Å². The van der Waals surface area contributed by atoms with E-state index in [0.29, 0.717) is 0 Å². The largest absolute Gasteiger partial charge is 0.416 e. The van der Waals surface area contributed by atoms with Crippen LogP contribution in [0.3, 0.4) is 0 Å². The fraction of sp³-hybridized carbons (Fsp3) is 0.417. The first-order valence-electron chi connectivity index (χ1n) is 5.55. The molecule has 4 nitrogen and oxygen atoms in total. The number of amides is 1. The van der Waals surface area contributed by atoms with E-state index in [2.05, 4.69) is 0 Å². The molecule has 1 aromatic rings. The van der Waals surface area contributed by atoms with Crippen LogP contribution in [0.1, 0.15) is 11.1 Å². The van der Waals surface area contributed by atoms with Crippen LogP contribution < -0.4 is 0 Å². The Morgan fingerprint density at radius 3 is 2.74 bits per heavy atom. The van der Waals surface area contributed by atoms with Crippen LogP contribution in [0.25, 0.3) is 0 Å². The second-order valence-corrected chi connectivity index (χ2v) is 4.30. The highest BCUT2D eigenvalue weighted by molar-refractivity contribution is 5.85. The molecule has 7 heteroatoms. The number of nitrogens with zero attached hydrogens (tertiary/aromatic N) is 1. The number of carbonyl (C=O) groups excluding carboxylic acids is 1. The molecule has 1 atom stereocenters. The second-order valence-electron chi connectivity index (χ2n) is 4.30. The van der Waals surface area contributed by atoms with Crippen molar-refractivity contribution < 1.29 is 27.8 Å². The van der Waals surface area contributed by atoms with Gasteiger partial charge in [-0.15, -0.1) is 0 Å². The van der Waals surface area contributed by atoms with Crippen LogP contribution in [0.15, 0.2) is 24.3 Å². The average molecular weight is 275 g/mol. The summed E-state index contributed by atoms with van der Waals surface area (Å²) in [6.07, 6.45) is -4.55. The minimum atomic E-state index is -4.55. The Labute approximate surface area is 107 Å². The molecule has 1 fully saturated rings. The minimum absolute atomic E-state index is 0.0506. The van der Waals surface area contributed by atoms with Crippen molar-refractivity contribution in [3.8, 4) is 0 Å². The minimum Gasteiger partial charge on any atom is -0.354 e. The Balaban J connectivity index is 2.43. The van der Waals surface area contributed by atoms with Crippen molar-refractivity contribution in [2.75, 3.05) is 20.2 Å². The van der Waals surface area contributed by atoms with Crippen molar-refractivity contribution in [1.82, 2.24) is 4.90 Å². The Morgan fingerprint density at radius 2 is 2.11 bits per heavy atom. The molecule has 1 saturated heterocycles. The van der Waals surface area contributed by atoms with Gasteiger partial charge in [0, 0.05) is 19.2 Å². The summed E-state index contributed by atoms with van der Waals surface area (Å²) in [5.41, 5.74) is -1.16.